The number of sulfonamides is 1. The minimum atomic E-state index is -3.70. The van der Waals surface area contributed by atoms with E-state index in [2.05, 4.69) is 0 Å². The maximum absolute atomic E-state index is 13.0. The summed E-state index contributed by atoms with van der Waals surface area (Å²) in [5.74, 6) is -1.75. The monoisotopic (exact) mass is 419 g/mol. The van der Waals surface area contributed by atoms with E-state index in [0.29, 0.717) is 18.7 Å². The van der Waals surface area contributed by atoms with Gasteiger partial charge in [0.25, 0.3) is 0 Å². The van der Waals surface area contributed by atoms with Crippen molar-refractivity contribution in [2.45, 2.75) is 31.1 Å². The van der Waals surface area contributed by atoms with Gasteiger partial charge in [-0.05, 0) is 61.7 Å². The molecule has 0 saturated carbocycles. The van der Waals surface area contributed by atoms with Gasteiger partial charge in [-0.15, -0.1) is 0 Å². The van der Waals surface area contributed by atoms with Gasteiger partial charge in [-0.2, -0.15) is 4.31 Å². The first-order chi connectivity index (χ1) is 13.8. The molecule has 0 amide bonds. The van der Waals surface area contributed by atoms with Crippen LogP contribution in [0.2, 0.25) is 0 Å². The predicted molar refractivity (Wildman–Crippen MR) is 105 cm³/mol. The highest BCUT2D eigenvalue weighted by atomic mass is 32.2. The van der Waals surface area contributed by atoms with E-state index in [1.807, 2.05) is 0 Å². The lowest BCUT2D eigenvalue weighted by Gasteiger charge is -2.26. The van der Waals surface area contributed by atoms with E-state index >= 15 is 0 Å². The molecule has 0 aromatic heterocycles. The first kappa shape index (κ1) is 21.1. The van der Waals surface area contributed by atoms with Crippen LogP contribution in [0.1, 0.15) is 45.5 Å². The van der Waals surface area contributed by atoms with Gasteiger partial charge < -0.3 is 4.74 Å². The summed E-state index contributed by atoms with van der Waals surface area (Å²) in [6, 6.07) is 9.22. The van der Waals surface area contributed by atoms with Crippen molar-refractivity contribution in [2.75, 3.05) is 19.7 Å². The number of Topliss-reactive ketones (excluding diaryl/α,β-unsaturated/α-hetero) is 1. The maximum Gasteiger partial charge on any atom is 0.338 e. The summed E-state index contributed by atoms with van der Waals surface area (Å²) in [6.45, 7) is 2.07. The summed E-state index contributed by atoms with van der Waals surface area (Å²) in [5.41, 5.74) is 0.809. The van der Waals surface area contributed by atoms with Crippen LogP contribution >= 0.6 is 0 Å². The van der Waals surface area contributed by atoms with Crippen molar-refractivity contribution in [2.24, 2.45) is 0 Å². The third-order valence-electron chi connectivity index (χ3n) is 4.86. The van der Waals surface area contributed by atoms with Gasteiger partial charge in [0.1, 0.15) is 5.82 Å². The molecule has 1 heterocycles. The van der Waals surface area contributed by atoms with E-state index in [0.717, 1.165) is 31.4 Å². The van der Waals surface area contributed by atoms with Crippen molar-refractivity contribution in [3.05, 3.63) is 65.0 Å². The molecule has 29 heavy (non-hydrogen) atoms. The predicted octanol–water partition coefficient (Wildman–Crippen LogP) is 3.35. The first-order valence-electron chi connectivity index (χ1n) is 9.36. The molecule has 1 aliphatic heterocycles. The number of esters is 1. The zero-order chi connectivity index (χ0) is 21.0. The van der Waals surface area contributed by atoms with E-state index in [1.165, 1.54) is 28.6 Å². The number of piperidine rings is 1. The lowest BCUT2D eigenvalue weighted by molar-refractivity contribution is 0.0474. The highest BCUT2D eigenvalue weighted by Gasteiger charge is 2.28. The fourth-order valence-corrected chi connectivity index (χ4v) is 4.95. The van der Waals surface area contributed by atoms with Crippen LogP contribution in [-0.2, 0) is 14.8 Å². The lowest BCUT2D eigenvalue weighted by atomic mass is 10.1. The smallest absolute Gasteiger partial charge is 0.338 e. The summed E-state index contributed by atoms with van der Waals surface area (Å²) >= 11 is 0. The SMILES string of the molecule is Cc1ccc(C(=O)OCC(=O)c2ccc(F)cc2)cc1S(=O)(=O)N1CCCCC1. The number of nitrogens with zero attached hydrogens (tertiary/aromatic N) is 1. The second-order valence-corrected chi connectivity index (χ2v) is 8.86. The Morgan fingerprint density at radius 2 is 1.62 bits per heavy atom. The van der Waals surface area contributed by atoms with Crippen LogP contribution in [0.5, 0.6) is 0 Å². The number of aryl methyl sites for hydroxylation is 1. The Kier molecular flexibility index (Phi) is 6.44. The van der Waals surface area contributed by atoms with Gasteiger partial charge in [-0.3, -0.25) is 4.79 Å². The number of ether oxygens (including phenoxy) is 1. The zero-order valence-electron chi connectivity index (χ0n) is 16.1. The molecular weight excluding hydrogens is 397 g/mol. The molecule has 0 N–H and O–H groups in total. The van der Waals surface area contributed by atoms with Gasteiger partial charge in [0, 0.05) is 18.7 Å². The molecule has 6 nitrogen and oxygen atoms in total. The molecule has 3 rings (SSSR count). The lowest BCUT2D eigenvalue weighted by Crippen LogP contribution is -2.36. The van der Waals surface area contributed by atoms with Crippen molar-refractivity contribution in [3.63, 3.8) is 0 Å². The molecule has 0 atom stereocenters. The van der Waals surface area contributed by atoms with Crippen LogP contribution in [0.3, 0.4) is 0 Å². The van der Waals surface area contributed by atoms with E-state index in [1.54, 1.807) is 13.0 Å². The number of hydrogen-bond donors (Lipinski definition) is 0. The van der Waals surface area contributed by atoms with Gasteiger partial charge in [-0.25, -0.2) is 17.6 Å². The summed E-state index contributed by atoms with van der Waals surface area (Å²) in [7, 11) is -3.70. The van der Waals surface area contributed by atoms with E-state index in [-0.39, 0.29) is 16.0 Å². The molecule has 154 valence electrons. The molecule has 0 radical (unpaired) electrons. The Balaban J connectivity index is 1.73. The molecule has 8 heteroatoms. The largest absolute Gasteiger partial charge is 0.454 e. The average molecular weight is 419 g/mol. The van der Waals surface area contributed by atoms with Crippen LogP contribution in [0, 0.1) is 12.7 Å². The number of hydrogen-bond acceptors (Lipinski definition) is 5. The molecule has 0 aliphatic carbocycles. The molecule has 2 aromatic rings. The minimum Gasteiger partial charge on any atom is -0.454 e. The van der Waals surface area contributed by atoms with E-state index < -0.39 is 34.2 Å². The maximum atomic E-state index is 13.0. The standard InChI is InChI=1S/C21H22FNO5S/c1-15-5-6-17(13-20(15)29(26,27)23-11-3-2-4-12-23)21(25)28-14-19(24)16-7-9-18(22)10-8-16/h5-10,13H,2-4,11-12,14H2,1H3. The zero-order valence-corrected chi connectivity index (χ0v) is 16.9. The number of benzene rings is 2. The summed E-state index contributed by atoms with van der Waals surface area (Å²) in [6.07, 6.45) is 2.62. The third kappa shape index (κ3) is 4.89. The van der Waals surface area contributed by atoms with Crippen molar-refractivity contribution in [3.8, 4) is 0 Å². The molecular formula is C21H22FNO5S. The fraction of sp³-hybridized carbons (Fsp3) is 0.333. The number of ketones is 1. The van der Waals surface area contributed by atoms with Crippen LogP contribution in [-0.4, -0.2) is 44.2 Å². The minimum absolute atomic E-state index is 0.0538. The highest BCUT2D eigenvalue weighted by molar-refractivity contribution is 7.89. The van der Waals surface area contributed by atoms with Crippen LogP contribution in [0.15, 0.2) is 47.4 Å². The molecule has 2 aromatic carbocycles. The molecule has 0 spiro atoms. The van der Waals surface area contributed by atoms with Crippen LogP contribution < -0.4 is 0 Å². The fourth-order valence-electron chi connectivity index (χ4n) is 3.18. The third-order valence-corrected chi connectivity index (χ3v) is 6.90. The average Bonchev–Trinajstić information content (AvgIpc) is 2.73. The summed E-state index contributed by atoms with van der Waals surface area (Å²) in [5, 5.41) is 0. The number of halogens is 1. The highest BCUT2D eigenvalue weighted by Crippen LogP contribution is 2.24. The Labute approximate surface area is 169 Å². The van der Waals surface area contributed by atoms with Crippen LogP contribution in [0.4, 0.5) is 4.39 Å². The molecule has 1 aliphatic rings. The van der Waals surface area contributed by atoms with Gasteiger partial charge in [0.05, 0.1) is 10.5 Å². The molecule has 1 fully saturated rings. The quantitative estimate of drug-likeness (QED) is 0.530. The Hall–Kier alpha value is -2.58. The van der Waals surface area contributed by atoms with Crippen LogP contribution in [0.25, 0.3) is 0 Å². The summed E-state index contributed by atoms with van der Waals surface area (Å²) in [4.78, 5) is 24.5. The number of carbonyl (C=O) groups excluding carboxylic acids is 2. The van der Waals surface area contributed by atoms with Crippen molar-refractivity contribution in [1.82, 2.24) is 4.31 Å². The van der Waals surface area contributed by atoms with E-state index in [9.17, 15) is 22.4 Å². The number of rotatable bonds is 6. The van der Waals surface area contributed by atoms with Crippen molar-refractivity contribution < 1.29 is 27.1 Å². The summed E-state index contributed by atoms with van der Waals surface area (Å²) < 4.78 is 45.3. The second kappa shape index (κ2) is 8.84. The van der Waals surface area contributed by atoms with Gasteiger partial charge in [0.2, 0.25) is 10.0 Å². The van der Waals surface area contributed by atoms with E-state index in [4.69, 9.17) is 4.74 Å². The Bertz CT molecular complexity index is 1010. The van der Waals surface area contributed by atoms with Gasteiger partial charge >= 0.3 is 5.97 Å². The van der Waals surface area contributed by atoms with Crippen molar-refractivity contribution in [1.29, 1.82) is 0 Å². The molecule has 1 saturated heterocycles. The van der Waals surface area contributed by atoms with Gasteiger partial charge in [0.15, 0.2) is 12.4 Å². The second-order valence-electron chi connectivity index (χ2n) is 6.95. The normalized spacial score (nSPS) is 15.1. The Morgan fingerprint density at radius 1 is 1.00 bits per heavy atom. The Morgan fingerprint density at radius 3 is 2.28 bits per heavy atom. The van der Waals surface area contributed by atoms with Crippen molar-refractivity contribution >= 4 is 21.8 Å². The van der Waals surface area contributed by atoms with Gasteiger partial charge in [-0.1, -0.05) is 12.5 Å². The molecule has 0 bridgehead atoms. The number of carbonyl (C=O) groups is 2. The topological polar surface area (TPSA) is 80.8 Å². The first-order valence-corrected chi connectivity index (χ1v) is 10.8. The molecule has 0 unspecified atom stereocenters.